The van der Waals surface area contributed by atoms with E-state index in [4.69, 9.17) is 5.73 Å². The number of hydrogen-bond acceptors (Lipinski definition) is 3. The zero-order valence-electron chi connectivity index (χ0n) is 12.7. The molecule has 0 radical (unpaired) electrons. The summed E-state index contributed by atoms with van der Waals surface area (Å²) >= 11 is 0. The van der Waals surface area contributed by atoms with E-state index in [0.717, 1.165) is 25.1 Å². The van der Waals surface area contributed by atoms with Gasteiger partial charge in [0.2, 0.25) is 5.91 Å². The molecule has 2 saturated heterocycles. The van der Waals surface area contributed by atoms with Crippen LogP contribution in [-0.2, 0) is 11.2 Å². The molecule has 0 saturated carbocycles. The van der Waals surface area contributed by atoms with Gasteiger partial charge in [-0.25, -0.2) is 0 Å². The number of carbonyl (C=O) groups excluding carboxylic acids is 1. The highest BCUT2D eigenvalue weighted by Crippen LogP contribution is 2.28. The van der Waals surface area contributed by atoms with Gasteiger partial charge < -0.3 is 10.6 Å². The van der Waals surface area contributed by atoms with E-state index in [0.29, 0.717) is 18.5 Å². The molecule has 2 aliphatic heterocycles. The zero-order chi connectivity index (χ0) is 14.8. The fourth-order valence-electron chi connectivity index (χ4n) is 3.70. The van der Waals surface area contributed by atoms with Gasteiger partial charge in [-0.2, -0.15) is 0 Å². The van der Waals surface area contributed by atoms with Crippen molar-refractivity contribution < 1.29 is 4.79 Å². The third-order valence-electron chi connectivity index (χ3n) is 5.08. The normalized spacial score (nSPS) is 27.4. The van der Waals surface area contributed by atoms with E-state index in [2.05, 4.69) is 11.9 Å². The second-order valence-electron chi connectivity index (χ2n) is 6.42. The van der Waals surface area contributed by atoms with Crippen molar-refractivity contribution in [1.82, 2.24) is 9.80 Å². The first kappa shape index (κ1) is 14.5. The molecule has 0 spiro atoms. The lowest BCUT2D eigenvalue weighted by molar-refractivity contribution is -0.132. The SMILES string of the molecule is CN1C2CCC1CN(C(=O)[C@@H](N)Cc1ccccc1)CC2. The quantitative estimate of drug-likeness (QED) is 0.910. The number of nitrogens with zero attached hydrogens (tertiary/aromatic N) is 2. The maximum atomic E-state index is 12.6. The van der Waals surface area contributed by atoms with Crippen LogP contribution in [0.3, 0.4) is 0 Å². The Kier molecular flexibility index (Phi) is 4.27. The summed E-state index contributed by atoms with van der Waals surface area (Å²) in [5.74, 6) is 0.111. The van der Waals surface area contributed by atoms with Crippen LogP contribution >= 0.6 is 0 Å². The fourth-order valence-corrected chi connectivity index (χ4v) is 3.70. The molecule has 2 bridgehead atoms. The van der Waals surface area contributed by atoms with Crippen molar-refractivity contribution in [3.63, 3.8) is 0 Å². The number of nitrogens with two attached hydrogens (primary N) is 1. The number of likely N-dealkylation sites (N-methyl/N-ethyl adjacent to an activating group) is 1. The first-order chi connectivity index (χ1) is 10.1. The standard InChI is InChI=1S/C17H25N3O/c1-19-14-7-8-15(19)12-20(10-9-14)17(21)16(18)11-13-5-3-2-4-6-13/h2-6,14-16H,7-12,18H2,1H3/t14?,15?,16-/m0/s1. The van der Waals surface area contributed by atoms with Crippen LogP contribution in [0.2, 0.25) is 0 Å². The van der Waals surface area contributed by atoms with Crippen LogP contribution in [0.5, 0.6) is 0 Å². The minimum Gasteiger partial charge on any atom is -0.340 e. The minimum absolute atomic E-state index is 0.111. The van der Waals surface area contributed by atoms with Crippen LogP contribution < -0.4 is 5.73 Å². The highest BCUT2D eigenvalue weighted by Gasteiger charge is 2.36. The lowest BCUT2D eigenvalue weighted by atomic mass is 10.0. The second kappa shape index (κ2) is 6.16. The largest absolute Gasteiger partial charge is 0.340 e. The molecule has 2 N–H and O–H groups in total. The van der Waals surface area contributed by atoms with Gasteiger partial charge in [-0.15, -0.1) is 0 Å². The van der Waals surface area contributed by atoms with Gasteiger partial charge in [-0.1, -0.05) is 30.3 Å². The van der Waals surface area contributed by atoms with Gasteiger partial charge in [-0.3, -0.25) is 9.69 Å². The zero-order valence-corrected chi connectivity index (χ0v) is 12.7. The average molecular weight is 287 g/mol. The minimum atomic E-state index is -0.422. The van der Waals surface area contributed by atoms with Gasteiger partial charge in [0.25, 0.3) is 0 Å². The van der Waals surface area contributed by atoms with E-state index < -0.39 is 6.04 Å². The summed E-state index contributed by atoms with van der Waals surface area (Å²) < 4.78 is 0. The van der Waals surface area contributed by atoms with Crippen LogP contribution in [0.4, 0.5) is 0 Å². The molecule has 4 nitrogen and oxygen atoms in total. The molecule has 114 valence electrons. The van der Waals surface area contributed by atoms with Gasteiger partial charge in [0.05, 0.1) is 6.04 Å². The smallest absolute Gasteiger partial charge is 0.239 e. The lowest BCUT2D eigenvalue weighted by Gasteiger charge is -2.28. The highest BCUT2D eigenvalue weighted by atomic mass is 16.2. The molecule has 3 atom stereocenters. The molecular formula is C17H25N3O. The Hall–Kier alpha value is -1.39. The molecule has 2 fully saturated rings. The Morgan fingerprint density at radius 3 is 2.71 bits per heavy atom. The Morgan fingerprint density at radius 1 is 1.24 bits per heavy atom. The van der Waals surface area contributed by atoms with E-state index in [-0.39, 0.29) is 5.91 Å². The number of amides is 1. The molecule has 2 aliphatic rings. The fraction of sp³-hybridized carbons (Fsp3) is 0.588. The maximum absolute atomic E-state index is 12.6. The average Bonchev–Trinajstić information content (AvgIpc) is 2.72. The third kappa shape index (κ3) is 3.11. The Balaban J connectivity index is 1.62. The van der Waals surface area contributed by atoms with Crippen molar-refractivity contribution in [2.24, 2.45) is 5.73 Å². The van der Waals surface area contributed by atoms with Crippen molar-refractivity contribution in [3.8, 4) is 0 Å². The molecule has 1 amide bonds. The summed E-state index contributed by atoms with van der Waals surface area (Å²) in [5.41, 5.74) is 7.29. The van der Waals surface area contributed by atoms with Crippen molar-refractivity contribution >= 4 is 5.91 Å². The first-order valence-corrected chi connectivity index (χ1v) is 7.95. The summed E-state index contributed by atoms with van der Waals surface area (Å²) in [7, 11) is 2.19. The molecule has 4 heteroatoms. The number of fused-ring (bicyclic) bond motifs is 2. The van der Waals surface area contributed by atoms with E-state index in [1.165, 1.54) is 12.8 Å². The van der Waals surface area contributed by atoms with E-state index in [9.17, 15) is 4.79 Å². The number of rotatable bonds is 3. The number of carbonyl (C=O) groups is 1. The topological polar surface area (TPSA) is 49.6 Å². The molecule has 0 aromatic heterocycles. The summed E-state index contributed by atoms with van der Waals surface area (Å²) in [6.45, 7) is 1.70. The monoisotopic (exact) mass is 287 g/mol. The number of benzene rings is 1. The number of hydrogen-bond donors (Lipinski definition) is 1. The molecule has 2 unspecified atom stereocenters. The maximum Gasteiger partial charge on any atom is 0.239 e. The number of likely N-dealkylation sites (tertiary alicyclic amines) is 1. The molecule has 21 heavy (non-hydrogen) atoms. The Labute approximate surface area is 126 Å². The summed E-state index contributed by atoms with van der Waals surface area (Å²) in [5, 5.41) is 0. The predicted molar refractivity (Wildman–Crippen MR) is 83.9 cm³/mol. The van der Waals surface area contributed by atoms with Gasteiger partial charge in [0, 0.05) is 25.2 Å². The van der Waals surface area contributed by atoms with E-state index in [1.54, 1.807) is 0 Å². The summed E-state index contributed by atoms with van der Waals surface area (Å²) in [4.78, 5) is 17.1. The van der Waals surface area contributed by atoms with Crippen LogP contribution in [-0.4, -0.2) is 54.0 Å². The highest BCUT2D eigenvalue weighted by molar-refractivity contribution is 5.82. The van der Waals surface area contributed by atoms with Gasteiger partial charge in [0.15, 0.2) is 0 Å². The van der Waals surface area contributed by atoms with Crippen molar-refractivity contribution in [2.45, 2.75) is 43.8 Å². The molecular weight excluding hydrogens is 262 g/mol. The van der Waals surface area contributed by atoms with Crippen molar-refractivity contribution in [3.05, 3.63) is 35.9 Å². The van der Waals surface area contributed by atoms with Gasteiger partial charge in [-0.05, 0) is 38.3 Å². The van der Waals surface area contributed by atoms with Crippen molar-refractivity contribution in [2.75, 3.05) is 20.1 Å². The van der Waals surface area contributed by atoms with Crippen LogP contribution in [0, 0.1) is 0 Å². The van der Waals surface area contributed by atoms with E-state index >= 15 is 0 Å². The van der Waals surface area contributed by atoms with Gasteiger partial charge >= 0.3 is 0 Å². The van der Waals surface area contributed by atoms with E-state index in [1.807, 2.05) is 35.2 Å². The third-order valence-corrected chi connectivity index (χ3v) is 5.08. The Morgan fingerprint density at radius 2 is 1.95 bits per heavy atom. The van der Waals surface area contributed by atoms with Gasteiger partial charge in [0.1, 0.15) is 0 Å². The molecule has 1 aromatic carbocycles. The van der Waals surface area contributed by atoms with Crippen LogP contribution in [0.25, 0.3) is 0 Å². The summed E-state index contributed by atoms with van der Waals surface area (Å²) in [6.07, 6.45) is 4.19. The van der Waals surface area contributed by atoms with Crippen LogP contribution in [0.15, 0.2) is 30.3 Å². The predicted octanol–water partition coefficient (Wildman–Crippen LogP) is 1.25. The molecule has 2 heterocycles. The second-order valence-corrected chi connectivity index (χ2v) is 6.42. The lowest BCUT2D eigenvalue weighted by Crippen LogP contribution is -2.48. The molecule has 3 rings (SSSR count). The van der Waals surface area contributed by atoms with Crippen molar-refractivity contribution in [1.29, 1.82) is 0 Å². The first-order valence-electron chi connectivity index (χ1n) is 7.95. The summed E-state index contributed by atoms with van der Waals surface area (Å²) in [6, 6.07) is 10.8. The molecule has 1 aromatic rings. The Bertz CT molecular complexity index is 490. The molecule has 0 aliphatic carbocycles. The van der Waals surface area contributed by atoms with Crippen LogP contribution in [0.1, 0.15) is 24.8 Å².